The number of rotatable bonds is 0. The standard InChI is InChI=1S/C6H5N3S/c10-5-1-2-9-6(3-5)7-4-8-9/h1-4,10H. The summed E-state index contributed by atoms with van der Waals surface area (Å²) in [6.07, 6.45) is 3.34. The van der Waals surface area contributed by atoms with E-state index in [0.717, 1.165) is 10.5 Å². The van der Waals surface area contributed by atoms with E-state index in [1.54, 1.807) is 4.52 Å². The van der Waals surface area contributed by atoms with Crippen LogP contribution in [-0.2, 0) is 0 Å². The van der Waals surface area contributed by atoms with Crippen LogP contribution < -0.4 is 0 Å². The third kappa shape index (κ3) is 0.769. The first-order valence-electron chi connectivity index (χ1n) is 2.84. The summed E-state index contributed by atoms with van der Waals surface area (Å²) in [5.74, 6) is 0. The lowest BCUT2D eigenvalue weighted by atomic mass is 10.5. The number of hydrogen-bond acceptors (Lipinski definition) is 3. The molecule has 50 valence electrons. The zero-order valence-electron chi connectivity index (χ0n) is 5.10. The molecule has 0 bridgehead atoms. The molecule has 10 heavy (non-hydrogen) atoms. The lowest BCUT2D eigenvalue weighted by molar-refractivity contribution is 0.954. The second-order valence-electron chi connectivity index (χ2n) is 1.95. The average molecular weight is 151 g/mol. The van der Waals surface area contributed by atoms with Gasteiger partial charge < -0.3 is 0 Å². The van der Waals surface area contributed by atoms with Gasteiger partial charge >= 0.3 is 0 Å². The predicted octanol–water partition coefficient (Wildman–Crippen LogP) is 1.02. The van der Waals surface area contributed by atoms with Crippen LogP contribution in [0.25, 0.3) is 5.65 Å². The molecule has 2 aromatic heterocycles. The van der Waals surface area contributed by atoms with Crippen LogP contribution in [0.5, 0.6) is 0 Å². The van der Waals surface area contributed by atoms with Crippen LogP contribution in [0.3, 0.4) is 0 Å². The fraction of sp³-hybridized carbons (Fsp3) is 0. The van der Waals surface area contributed by atoms with Gasteiger partial charge in [0.1, 0.15) is 6.33 Å². The number of aromatic nitrogens is 3. The number of hydrogen-bond donors (Lipinski definition) is 1. The molecule has 2 rings (SSSR count). The highest BCUT2D eigenvalue weighted by molar-refractivity contribution is 7.80. The molecule has 0 aliphatic rings. The van der Waals surface area contributed by atoms with Gasteiger partial charge in [0.15, 0.2) is 5.65 Å². The largest absolute Gasteiger partial charge is 0.221 e. The number of pyridine rings is 1. The molecule has 0 spiro atoms. The van der Waals surface area contributed by atoms with Crippen molar-refractivity contribution in [3.05, 3.63) is 24.7 Å². The molecule has 2 aromatic rings. The molecule has 0 aliphatic carbocycles. The van der Waals surface area contributed by atoms with Crippen molar-refractivity contribution in [2.75, 3.05) is 0 Å². The Morgan fingerprint density at radius 2 is 2.40 bits per heavy atom. The third-order valence-corrected chi connectivity index (χ3v) is 1.54. The second kappa shape index (κ2) is 1.98. The number of thiol groups is 1. The van der Waals surface area contributed by atoms with Crippen molar-refractivity contribution in [3.8, 4) is 0 Å². The minimum atomic E-state index is 0.826. The van der Waals surface area contributed by atoms with E-state index in [1.807, 2.05) is 18.3 Å². The molecule has 0 saturated carbocycles. The van der Waals surface area contributed by atoms with Gasteiger partial charge in [0, 0.05) is 11.1 Å². The molecule has 0 atom stereocenters. The third-order valence-electron chi connectivity index (χ3n) is 1.26. The van der Waals surface area contributed by atoms with Crippen molar-refractivity contribution >= 4 is 18.3 Å². The van der Waals surface area contributed by atoms with Crippen molar-refractivity contribution in [1.29, 1.82) is 0 Å². The van der Waals surface area contributed by atoms with Gasteiger partial charge in [-0.3, -0.25) is 0 Å². The Balaban J connectivity index is 2.86. The van der Waals surface area contributed by atoms with Crippen molar-refractivity contribution in [2.45, 2.75) is 4.90 Å². The molecule has 0 aromatic carbocycles. The van der Waals surface area contributed by atoms with Gasteiger partial charge in [0.05, 0.1) is 0 Å². The minimum Gasteiger partial charge on any atom is -0.221 e. The Morgan fingerprint density at radius 1 is 1.50 bits per heavy atom. The van der Waals surface area contributed by atoms with E-state index in [0.29, 0.717) is 0 Å². The molecule has 2 heterocycles. The second-order valence-corrected chi connectivity index (χ2v) is 2.46. The maximum atomic E-state index is 4.15. The SMILES string of the molecule is Sc1ccn2ncnc2c1. The lowest BCUT2D eigenvalue weighted by Gasteiger charge is -1.90. The summed E-state index contributed by atoms with van der Waals surface area (Å²) in [5.41, 5.74) is 0.826. The lowest BCUT2D eigenvalue weighted by Crippen LogP contribution is -1.84. The van der Waals surface area contributed by atoms with Crippen molar-refractivity contribution in [3.63, 3.8) is 0 Å². The molecule has 0 N–H and O–H groups in total. The molecule has 0 fully saturated rings. The van der Waals surface area contributed by atoms with E-state index >= 15 is 0 Å². The van der Waals surface area contributed by atoms with Crippen molar-refractivity contribution < 1.29 is 0 Å². The molecule has 0 amide bonds. The molecule has 4 heteroatoms. The van der Waals surface area contributed by atoms with Crippen LogP contribution in [0.4, 0.5) is 0 Å². The summed E-state index contributed by atoms with van der Waals surface area (Å²) in [5, 5.41) is 3.93. The molecule has 0 saturated heterocycles. The van der Waals surface area contributed by atoms with E-state index in [1.165, 1.54) is 6.33 Å². The van der Waals surface area contributed by atoms with Crippen LogP contribution in [-0.4, -0.2) is 14.6 Å². The summed E-state index contributed by atoms with van der Waals surface area (Å²) in [7, 11) is 0. The molecular formula is C6H5N3S. The van der Waals surface area contributed by atoms with Crippen molar-refractivity contribution in [1.82, 2.24) is 14.6 Å². The van der Waals surface area contributed by atoms with Crippen LogP contribution in [0.2, 0.25) is 0 Å². The van der Waals surface area contributed by atoms with Gasteiger partial charge in [-0.15, -0.1) is 12.6 Å². The van der Waals surface area contributed by atoms with Gasteiger partial charge in [0.2, 0.25) is 0 Å². The van der Waals surface area contributed by atoms with E-state index in [9.17, 15) is 0 Å². The zero-order chi connectivity index (χ0) is 6.97. The summed E-state index contributed by atoms with van der Waals surface area (Å²) < 4.78 is 1.69. The van der Waals surface area contributed by atoms with Gasteiger partial charge in [-0.2, -0.15) is 5.10 Å². The summed E-state index contributed by atoms with van der Waals surface area (Å²) in [4.78, 5) is 4.89. The fourth-order valence-electron chi connectivity index (χ4n) is 0.805. The Morgan fingerprint density at radius 3 is 3.30 bits per heavy atom. The summed E-state index contributed by atoms with van der Waals surface area (Å²) >= 11 is 4.15. The average Bonchev–Trinajstić information content (AvgIpc) is 2.33. The summed E-state index contributed by atoms with van der Waals surface area (Å²) in [6, 6.07) is 3.72. The minimum absolute atomic E-state index is 0.826. The monoisotopic (exact) mass is 151 g/mol. The highest BCUT2D eigenvalue weighted by atomic mass is 32.1. The first-order valence-corrected chi connectivity index (χ1v) is 3.29. The molecule has 0 aliphatic heterocycles. The Kier molecular flexibility index (Phi) is 1.14. The predicted molar refractivity (Wildman–Crippen MR) is 40.2 cm³/mol. The van der Waals surface area contributed by atoms with Gasteiger partial charge in [-0.05, 0) is 12.1 Å². The Bertz CT molecular complexity index is 355. The quantitative estimate of drug-likeness (QED) is 0.570. The fourth-order valence-corrected chi connectivity index (χ4v) is 0.987. The Hall–Kier alpha value is -1.03. The van der Waals surface area contributed by atoms with Gasteiger partial charge in [-0.25, -0.2) is 9.50 Å². The van der Waals surface area contributed by atoms with Crippen LogP contribution in [0, 0.1) is 0 Å². The van der Waals surface area contributed by atoms with E-state index in [4.69, 9.17) is 0 Å². The van der Waals surface area contributed by atoms with E-state index < -0.39 is 0 Å². The Labute approximate surface area is 63.1 Å². The molecular weight excluding hydrogens is 146 g/mol. The molecule has 0 radical (unpaired) electrons. The summed E-state index contributed by atoms with van der Waals surface area (Å²) in [6.45, 7) is 0. The van der Waals surface area contributed by atoms with E-state index in [2.05, 4.69) is 22.7 Å². The normalized spacial score (nSPS) is 10.5. The molecule has 3 nitrogen and oxygen atoms in total. The number of nitrogens with zero attached hydrogens (tertiary/aromatic N) is 3. The van der Waals surface area contributed by atoms with Crippen molar-refractivity contribution in [2.24, 2.45) is 0 Å². The van der Waals surface area contributed by atoms with Gasteiger partial charge in [0.25, 0.3) is 0 Å². The molecule has 0 unspecified atom stereocenters. The first-order chi connectivity index (χ1) is 4.86. The number of fused-ring (bicyclic) bond motifs is 1. The first kappa shape index (κ1) is 5.73. The topological polar surface area (TPSA) is 30.2 Å². The van der Waals surface area contributed by atoms with Crippen LogP contribution >= 0.6 is 12.6 Å². The highest BCUT2D eigenvalue weighted by Crippen LogP contribution is 2.06. The maximum Gasteiger partial charge on any atom is 0.156 e. The maximum absolute atomic E-state index is 4.15. The van der Waals surface area contributed by atoms with E-state index in [-0.39, 0.29) is 0 Å². The van der Waals surface area contributed by atoms with Crippen LogP contribution in [0.1, 0.15) is 0 Å². The van der Waals surface area contributed by atoms with Crippen LogP contribution in [0.15, 0.2) is 29.6 Å². The zero-order valence-corrected chi connectivity index (χ0v) is 5.99. The highest BCUT2D eigenvalue weighted by Gasteiger charge is 1.92. The smallest absolute Gasteiger partial charge is 0.156 e. The van der Waals surface area contributed by atoms with Gasteiger partial charge in [-0.1, -0.05) is 0 Å².